The van der Waals surface area contributed by atoms with Crippen molar-refractivity contribution in [2.24, 2.45) is 0 Å². The van der Waals surface area contributed by atoms with E-state index < -0.39 is 5.41 Å². The summed E-state index contributed by atoms with van der Waals surface area (Å²) in [6.45, 7) is 4.05. The smallest absolute Gasteiger partial charge is 0.132 e. The zero-order chi connectivity index (χ0) is 41.4. The van der Waals surface area contributed by atoms with Crippen LogP contribution in [0.2, 0.25) is 0 Å². The Morgan fingerprint density at radius 3 is 1.76 bits per heavy atom. The predicted molar refractivity (Wildman–Crippen MR) is 251 cm³/mol. The summed E-state index contributed by atoms with van der Waals surface area (Å²) < 4.78 is 6.69. The minimum Gasteiger partial charge on any atom is -0.457 e. The molecule has 0 atom stereocenters. The second kappa shape index (κ2) is 14.1. The van der Waals surface area contributed by atoms with Crippen LogP contribution in [0.25, 0.3) is 77.9 Å². The number of rotatable bonds is 5. The zero-order valence-electron chi connectivity index (χ0n) is 34.3. The number of pyridine rings is 1. The summed E-state index contributed by atoms with van der Waals surface area (Å²) in [5.41, 5.74) is 18.3. The molecule has 0 bridgehead atoms. The van der Waals surface area contributed by atoms with Gasteiger partial charge in [0.2, 0.25) is 0 Å². The van der Waals surface area contributed by atoms with Gasteiger partial charge >= 0.3 is 0 Å². The van der Waals surface area contributed by atoms with Crippen molar-refractivity contribution in [1.82, 2.24) is 15.0 Å². The first-order valence-electron chi connectivity index (χ1n) is 21.2. The van der Waals surface area contributed by atoms with Crippen LogP contribution in [0.4, 0.5) is 0 Å². The largest absolute Gasteiger partial charge is 0.457 e. The highest BCUT2D eigenvalue weighted by molar-refractivity contribution is 5.97. The van der Waals surface area contributed by atoms with E-state index in [-0.39, 0.29) is 0 Å². The second-order valence-electron chi connectivity index (χ2n) is 16.5. The lowest BCUT2D eigenvalue weighted by Crippen LogP contribution is -2.32. The van der Waals surface area contributed by atoms with Crippen LogP contribution in [-0.4, -0.2) is 15.0 Å². The third kappa shape index (κ3) is 5.64. The van der Waals surface area contributed by atoms with Crippen LogP contribution >= 0.6 is 0 Å². The Balaban J connectivity index is 1.03. The van der Waals surface area contributed by atoms with Gasteiger partial charge in [-0.1, -0.05) is 146 Å². The fourth-order valence-corrected chi connectivity index (χ4v) is 9.92. The molecular weight excluding hydrogens is 755 g/mol. The molecule has 0 unspecified atom stereocenters. The van der Waals surface area contributed by atoms with Crippen molar-refractivity contribution in [3.8, 4) is 78.7 Å². The summed E-state index contributed by atoms with van der Waals surface area (Å²) in [6.07, 6.45) is 1.93. The lowest BCUT2D eigenvalue weighted by molar-refractivity contribution is 0.436. The summed E-state index contributed by atoms with van der Waals surface area (Å²) >= 11 is 0. The van der Waals surface area contributed by atoms with Crippen molar-refractivity contribution in [2.75, 3.05) is 0 Å². The average Bonchev–Trinajstić information content (AvgIpc) is 3.60. The van der Waals surface area contributed by atoms with E-state index in [4.69, 9.17) is 19.7 Å². The van der Waals surface area contributed by atoms with E-state index in [1.165, 1.54) is 33.0 Å². The van der Waals surface area contributed by atoms with Crippen LogP contribution in [0.1, 0.15) is 33.6 Å². The number of ether oxygens (including phenoxy) is 1. The number of para-hydroxylation sites is 2. The molecule has 292 valence electrons. The molecular formula is C58H39N3O. The molecule has 0 radical (unpaired) electrons. The summed E-state index contributed by atoms with van der Waals surface area (Å²) in [7, 11) is 0. The van der Waals surface area contributed by atoms with Gasteiger partial charge in [-0.2, -0.15) is 0 Å². The Labute approximate surface area is 360 Å². The Morgan fingerprint density at radius 1 is 0.387 bits per heavy atom. The molecule has 1 aliphatic carbocycles. The third-order valence-corrected chi connectivity index (χ3v) is 12.7. The molecule has 3 heterocycles. The van der Waals surface area contributed by atoms with E-state index in [1.54, 1.807) is 0 Å². The van der Waals surface area contributed by atoms with Crippen molar-refractivity contribution in [1.29, 1.82) is 0 Å². The highest BCUT2D eigenvalue weighted by atomic mass is 16.5. The average molecular weight is 794 g/mol. The molecule has 2 aliphatic rings. The third-order valence-electron chi connectivity index (χ3n) is 12.7. The van der Waals surface area contributed by atoms with Crippen LogP contribution in [0.5, 0.6) is 11.5 Å². The van der Waals surface area contributed by atoms with Gasteiger partial charge in [0.15, 0.2) is 0 Å². The SMILES string of the molecule is Cc1ccc(-c2cccc(-c3cccc(-c4ccc5c(c4)C4(c6ccccc6Oc6ccccc64)c4ccc(-c6cc(-c7cccc8ccccc78)nc(C)n6)cc4-5)c3)c2)nc1. The predicted octanol–water partition coefficient (Wildman–Crippen LogP) is 14.4. The van der Waals surface area contributed by atoms with Gasteiger partial charge in [0.25, 0.3) is 0 Å². The van der Waals surface area contributed by atoms with Gasteiger partial charge in [-0.15, -0.1) is 0 Å². The maximum Gasteiger partial charge on any atom is 0.132 e. The van der Waals surface area contributed by atoms with E-state index in [0.29, 0.717) is 0 Å². The standard InChI is InChI=1S/C58H39N3O/c1-36-24-29-53(59-35-36)43-17-10-16-41(31-43)39-14-9-15-40(30-39)42-25-27-46-48-32-44(54-34-55(61-37(2)60-54)47-19-11-13-38-12-3-4-18-45(38)47)26-28-49(48)58(52(46)33-42)50-20-5-7-22-56(50)62-57-23-8-6-21-51(57)58/h3-35H,1-2H3. The van der Waals surface area contributed by atoms with E-state index in [2.05, 4.69) is 201 Å². The number of benzene rings is 8. The number of fused-ring (bicyclic) bond motifs is 10. The van der Waals surface area contributed by atoms with Crippen molar-refractivity contribution < 1.29 is 4.74 Å². The molecule has 0 fully saturated rings. The Morgan fingerprint density at radius 2 is 1.00 bits per heavy atom. The normalized spacial score (nSPS) is 12.9. The summed E-state index contributed by atoms with van der Waals surface area (Å²) in [5, 5.41) is 2.37. The van der Waals surface area contributed by atoms with Crippen LogP contribution in [0.3, 0.4) is 0 Å². The number of aromatic nitrogens is 3. The van der Waals surface area contributed by atoms with E-state index in [9.17, 15) is 0 Å². The lowest BCUT2D eigenvalue weighted by Gasteiger charge is -2.39. The second-order valence-corrected chi connectivity index (χ2v) is 16.5. The van der Waals surface area contributed by atoms with Gasteiger partial charge in [-0.3, -0.25) is 4.98 Å². The Kier molecular flexibility index (Phi) is 8.16. The zero-order valence-corrected chi connectivity index (χ0v) is 34.3. The summed E-state index contributed by atoms with van der Waals surface area (Å²) in [4.78, 5) is 14.7. The highest BCUT2D eigenvalue weighted by Gasteiger charge is 2.51. The van der Waals surface area contributed by atoms with Gasteiger partial charge in [-0.25, -0.2) is 9.97 Å². The number of hydrogen-bond acceptors (Lipinski definition) is 4. The van der Waals surface area contributed by atoms with Crippen LogP contribution in [-0.2, 0) is 5.41 Å². The molecule has 4 heteroatoms. The summed E-state index contributed by atoms with van der Waals surface area (Å²) in [5.74, 6) is 2.48. The van der Waals surface area contributed by atoms with Crippen LogP contribution in [0.15, 0.2) is 200 Å². The molecule has 0 saturated carbocycles. The fourth-order valence-electron chi connectivity index (χ4n) is 9.92. The molecule has 8 aromatic carbocycles. The highest BCUT2D eigenvalue weighted by Crippen LogP contribution is 2.62. The van der Waals surface area contributed by atoms with E-state index >= 15 is 0 Å². The molecule has 2 aromatic heterocycles. The minimum atomic E-state index is -0.618. The van der Waals surface area contributed by atoms with Crippen molar-refractivity contribution >= 4 is 10.8 Å². The molecule has 62 heavy (non-hydrogen) atoms. The lowest BCUT2D eigenvalue weighted by atomic mass is 9.66. The molecule has 1 spiro atoms. The van der Waals surface area contributed by atoms with Gasteiger partial charge in [0.05, 0.1) is 22.5 Å². The van der Waals surface area contributed by atoms with Crippen LogP contribution < -0.4 is 4.74 Å². The molecule has 0 amide bonds. The first kappa shape index (κ1) is 35.9. The van der Waals surface area contributed by atoms with E-state index in [0.717, 1.165) is 90.0 Å². The van der Waals surface area contributed by atoms with Gasteiger partial charge in [0.1, 0.15) is 17.3 Å². The van der Waals surface area contributed by atoms with Gasteiger partial charge < -0.3 is 4.74 Å². The van der Waals surface area contributed by atoms with E-state index in [1.807, 2.05) is 13.1 Å². The number of aryl methyl sites for hydroxylation is 2. The first-order valence-corrected chi connectivity index (χ1v) is 21.2. The van der Waals surface area contributed by atoms with Gasteiger partial charge in [-0.05, 0) is 123 Å². The van der Waals surface area contributed by atoms with Gasteiger partial charge in [0, 0.05) is 34.0 Å². The molecule has 12 rings (SSSR count). The Hall–Kier alpha value is -7.95. The monoisotopic (exact) mass is 793 g/mol. The first-order chi connectivity index (χ1) is 30.5. The molecule has 0 N–H and O–H groups in total. The van der Waals surface area contributed by atoms with Crippen molar-refractivity contribution in [3.63, 3.8) is 0 Å². The van der Waals surface area contributed by atoms with Crippen molar-refractivity contribution in [2.45, 2.75) is 19.3 Å². The molecule has 10 aromatic rings. The number of hydrogen-bond donors (Lipinski definition) is 0. The maximum atomic E-state index is 6.69. The minimum absolute atomic E-state index is 0.618. The topological polar surface area (TPSA) is 47.9 Å². The molecule has 1 aliphatic heterocycles. The molecule has 0 saturated heterocycles. The quantitative estimate of drug-likeness (QED) is 0.174. The van der Waals surface area contributed by atoms with Crippen LogP contribution in [0, 0.1) is 13.8 Å². The number of nitrogens with zero attached hydrogens (tertiary/aromatic N) is 3. The van der Waals surface area contributed by atoms with Crippen molar-refractivity contribution in [3.05, 3.63) is 234 Å². The molecule has 4 nitrogen and oxygen atoms in total. The summed E-state index contributed by atoms with van der Waals surface area (Å²) in [6, 6.07) is 69.9. The fraction of sp³-hybridized carbons (Fsp3) is 0.0517. The Bertz CT molecular complexity index is 3370. The maximum absolute atomic E-state index is 6.69.